The van der Waals surface area contributed by atoms with Gasteiger partial charge in [-0.05, 0) is 43.9 Å². The van der Waals surface area contributed by atoms with Gasteiger partial charge in [-0.15, -0.1) is 0 Å². The molecule has 0 aromatic heterocycles. The summed E-state index contributed by atoms with van der Waals surface area (Å²) in [5.41, 5.74) is -1.49. The van der Waals surface area contributed by atoms with Crippen LogP contribution in [0.4, 0.5) is 0 Å². The van der Waals surface area contributed by atoms with Crippen molar-refractivity contribution in [3.8, 4) is 0 Å². The van der Waals surface area contributed by atoms with Gasteiger partial charge < -0.3 is 10.2 Å². The minimum absolute atomic E-state index is 0.312. The van der Waals surface area contributed by atoms with Crippen molar-refractivity contribution in [1.82, 2.24) is 0 Å². The van der Waals surface area contributed by atoms with Gasteiger partial charge in [-0.1, -0.05) is 13.8 Å². The molecule has 14 heavy (non-hydrogen) atoms. The van der Waals surface area contributed by atoms with E-state index < -0.39 is 11.2 Å². The summed E-state index contributed by atoms with van der Waals surface area (Å²) in [5.74, 6) is 1.15. The molecule has 2 heteroatoms. The van der Waals surface area contributed by atoms with E-state index in [0.29, 0.717) is 11.8 Å². The standard InChI is InChI=1S/C12H20O2/c1-10(2)11(13)4-8-3-9(6-11)7-12(10,14)5-8/h8-9,13-14H,3-7H2,1-2H3. The van der Waals surface area contributed by atoms with E-state index in [1.165, 1.54) is 6.42 Å². The van der Waals surface area contributed by atoms with E-state index in [0.717, 1.165) is 25.7 Å². The Hall–Kier alpha value is -0.0800. The maximum Gasteiger partial charge on any atom is 0.0731 e. The van der Waals surface area contributed by atoms with Gasteiger partial charge in [0.25, 0.3) is 0 Å². The molecule has 4 rings (SSSR count). The normalized spacial score (nSPS) is 59.1. The first-order valence-corrected chi connectivity index (χ1v) is 5.81. The Balaban J connectivity index is 2.10. The molecule has 0 aromatic carbocycles. The van der Waals surface area contributed by atoms with Crippen molar-refractivity contribution in [3.63, 3.8) is 0 Å². The van der Waals surface area contributed by atoms with Crippen molar-refractivity contribution < 1.29 is 10.2 Å². The summed E-state index contributed by atoms with van der Waals surface area (Å²) in [6.45, 7) is 4.09. The zero-order chi connectivity index (χ0) is 10.2. The summed E-state index contributed by atoms with van der Waals surface area (Å²) < 4.78 is 0. The lowest BCUT2D eigenvalue weighted by molar-refractivity contribution is -0.284. The lowest BCUT2D eigenvalue weighted by atomic mass is 9.42. The second-order valence-electron chi connectivity index (χ2n) is 6.47. The average molecular weight is 196 g/mol. The van der Waals surface area contributed by atoms with Crippen LogP contribution in [0.25, 0.3) is 0 Å². The molecule has 4 bridgehead atoms. The van der Waals surface area contributed by atoms with Gasteiger partial charge >= 0.3 is 0 Å². The monoisotopic (exact) mass is 196 g/mol. The van der Waals surface area contributed by atoms with E-state index in [4.69, 9.17) is 0 Å². The molecular weight excluding hydrogens is 176 g/mol. The van der Waals surface area contributed by atoms with Gasteiger partial charge in [0.15, 0.2) is 0 Å². The number of aliphatic hydroxyl groups is 2. The molecule has 4 aliphatic rings. The van der Waals surface area contributed by atoms with E-state index >= 15 is 0 Å². The van der Waals surface area contributed by atoms with Crippen LogP contribution >= 0.6 is 0 Å². The highest BCUT2D eigenvalue weighted by molar-refractivity contribution is 5.18. The third-order valence-electron chi connectivity index (χ3n) is 5.50. The SMILES string of the molecule is CC1(C)C2(O)CC3CC(C2)CC1(O)C3. The predicted octanol–water partition coefficient (Wildman–Crippen LogP) is 1.70. The average Bonchev–Trinajstić information content (AvgIpc) is 1.98. The molecule has 0 aliphatic heterocycles. The number of hydrogen-bond donors (Lipinski definition) is 2. The summed E-state index contributed by atoms with van der Waals surface area (Å²) >= 11 is 0. The molecule has 80 valence electrons. The highest BCUT2D eigenvalue weighted by Crippen LogP contribution is 2.65. The number of hydrogen-bond acceptors (Lipinski definition) is 2. The number of rotatable bonds is 0. The fourth-order valence-corrected chi connectivity index (χ4v) is 4.48. The summed E-state index contributed by atoms with van der Waals surface area (Å²) in [6, 6.07) is 0. The molecule has 0 spiro atoms. The van der Waals surface area contributed by atoms with Crippen LogP contribution in [-0.2, 0) is 0 Å². The Bertz CT molecular complexity index is 244. The molecule has 0 atom stereocenters. The van der Waals surface area contributed by atoms with Gasteiger partial charge in [-0.25, -0.2) is 0 Å². The van der Waals surface area contributed by atoms with E-state index in [1.54, 1.807) is 0 Å². The third-order valence-corrected chi connectivity index (χ3v) is 5.50. The van der Waals surface area contributed by atoms with Gasteiger partial charge in [-0.2, -0.15) is 0 Å². The molecule has 0 radical (unpaired) electrons. The highest BCUT2D eigenvalue weighted by Gasteiger charge is 2.67. The van der Waals surface area contributed by atoms with Crippen LogP contribution in [0, 0.1) is 17.3 Å². The minimum atomic E-state index is -0.591. The van der Waals surface area contributed by atoms with Gasteiger partial charge in [0.05, 0.1) is 11.2 Å². The van der Waals surface area contributed by atoms with Crippen molar-refractivity contribution in [2.45, 2.75) is 57.2 Å². The van der Waals surface area contributed by atoms with Crippen molar-refractivity contribution in [2.24, 2.45) is 17.3 Å². The Morgan fingerprint density at radius 3 is 1.57 bits per heavy atom. The Labute approximate surface area is 85.3 Å². The van der Waals surface area contributed by atoms with Crippen molar-refractivity contribution in [2.75, 3.05) is 0 Å². The lowest BCUT2D eigenvalue weighted by Gasteiger charge is -2.67. The van der Waals surface area contributed by atoms with E-state index in [9.17, 15) is 10.2 Å². The largest absolute Gasteiger partial charge is 0.389 e. The summed E-state index contributed by atoms with van der Waals surface area (Å²) in [4.78, 5) is 0. The molecule has 0 aromatic rings. The van der Waals surface area contributed by atoms with Gasteiger partial charge in [0.2, 0.25) is 0 Å². The van der Waals surface area contributed by atoms with Crippen molar-refractivity contribution in [1.29, 1.82) is 0 Å². The summed E-state index contributed by atoms with van der Waals surface area (Å²) in [6.07, 6.45) is 4.90. The van der Waals surface area contributed by atoms with Gasteiger partial charge in [-0.3, -0.25) is 0 Å². The van der Waals surface area contributed by atoms with Gasteiger partial charge in [0.1, 0.15) is 0 Å². The molecule has 0 amide bonds. The van der Waals surface area contributed by atoms with Crippen LogP contribution in [-0.4, -0.2) is 21.4 Å². The van der Waals surface area contributed by atoms with E-state index in [1.807, 2.05) is 13.8 Å². The maximum atomic E-state index is 10.6. The molecule has 0 unspecified atom stereocenters. The van der Waals surface area contributed by atoms with Crippen LogP contribution < -0.4 is 0 Å². The fraction of sp³-hybridized carbons (Fsp3) is 1.00. The zero-order valence-electron chi connectivity index (χ0n) is 9.08. The molecule has 0 heterocycles. The van der Waals surface area contributed by atoms with E-state index in [-0.39, 0.29) is 5.41 Å². The quantitative estimate of drug-likeness (QED) is 0.619. The topological polar surface area (TPSA) is 40.5 Å². The van der Waals surface area contributed by atoms with Crippen LogP contribution in [0.5, 0.6) is 0 Å². The van der Waals surface area contributed by atoms with Crippen LogP contribution in [0.1, 0.15) is 46.0 Å². The second-order valence-corrected chi connectivity index (χ2v) is 6.47. The van der Waals surface area contributed by atoms with Crippen LogP contribution in [0.3, 0.4) is 0 Å². The van der Waals surface area contributed by atoms with Crippen molar-refractivity contribution >= 4 is 0 Å². The molecule has 2 N–H and O–H groups in total. The van der Waals surface area contributed by atoms with E-state index in [2.05, 4.69) is 0 Å². The molecule has 4 fully saturated rings. The highest BCUT2D eigenvalue weighted by atomic mass is 16.3. The first kappa shape index (κ1) is 9.17. The summed E-state index contributed by atoms with van der Waals surface area (Å²) in [7, 11) is 0. The third kappa shape index (κ3) is 0.809. The first-order valence-electron chi connectivity index (χ1n) is 5.81. The Kier molecular flexibility index (Phi) is 1.44. The maximum absolute atomic E-state index is 10.6. The minimum Gasteiger partial charge on any atom is -0.389 e. The Morgan fingerprint density at radius 1 is 0.857 bits per heavy atom. The molecule has 4 aliphatic carbocycles. The molecule has 2 nitrogen and oxygen atoms in total. The first-order chi connectivity index (χ1) is 6.36. The van der Waals surface area contributed by atoms with Crippen molar-refractivity contribution in [3.05, 3.63) is 0 Å². The molecule has 0 saturated heterocycles. The summed E-state index contributed by atoms with van der Waals surface area (Å²) in [5, 5.41) is 21.3. The van der Waals surface area contributed by atoms with Crippen LogP contribution in [0.2, 0.25) is 0 Å². The molecular formula is C12H20O2. The lowest BCUT2D eigenvalue weighted by Crippen LogP contribution is -2.70. The van der Waals surface area contributed by atoms with Crippen LogP contribution in [0.15, 0.2) is 0 Å². The fourth-order valence-electron chi connectivity index (χ4n) is 4.48. The zero-order valence-corrected chi connectivity index (χ0v) is 9.08. The molecule has 4 saturated carbocycles. The predicted molar refractivity (Wildman–Crippen MR) is 53.7 cm³/mol. The smallest absolute Gasteiger partial charge is 0.0731 e. The van der Waals surface area contributed by atoms with Gasteiger partial charge in [0, 0.05) is 5.41 Å². The second kappa shape index (κ2) is 2.19. The Morgan fingerprint density at radius 2 is 1.21 bits per heavy atom.